The van der Waals surface area contributed by atoms with Gasteiger partial charge in [0.2, 0.25) is 0 Å². The van der Waals surface area contributed by atoms with Crippen molar-refractivity contribution in [3.05, 3.63) is 30.3 Å². The number of fused-ring (bicyclic) bond motifs is 3. The van der Waals surface area contributed by atoms with Gasteiger partial charge in [-0.15, -0.1) is 0 Å². The molecule has 0 bridgehead atoms. The molecular weight excluding hydrogens is 359 g/mol. The molecule has 1 aromatic carbocycles. The van der Waals surface area contributed by atoms with Gasteiger partial charge < -0.3 is 0 Å². The number of carbonyl (C=O) groups excluding carboxylic acids is 2. The Bertz CT molecular complexity index is 652. The van der Waals surface area contributed by atoms with Gasteiger partial charge in [0.05, 0.1) is 0 Å². The van der Waals surface area contributed by atoms with E-state index in [4.69, 9.17) is 4.84 Å². The van der Waals surface area contributed by atoms with Crippen molar-refractivity contribution in [1.82, 2.24) is 9.96 Å². The van der Waals surface area contributed by atoms with Gasteiger partial charge >= 0.3 is 142 Å². The molecule has 122 valence electrons. The van der Waals surface area contributed by atoms with E-state index in [-0.39, 0.29) is 23.3 Å². The molecule has 6 heteroatoms. The summed E-state index contributed by atoms with van der Waals surface area (Å²) in [5.74, 6) is -0.614. The summed E-state index contributed by atoms with van der Waals surface area (Å²) in [7, 11) is 1.56. The summed E-state index contributed by atoms with van der Waals surface area (Å²) < 4.78 is 1.37. The molecule has 4 atom stereocenters. The molecular formula is C17H20N2O3Se. The minimum absolute atomic E-state index is 0.0841. The van der Waals surface area contributed by atoms with Crippen molar-refractivity contribution in [2.75, 3.05) is 7.05 Å². The number of hydrogen-bond acceptors (Lipinski definition) is 4. The summed E-state index contributed by atoms with van der Waals surface area (Å²) in [5.41, 5.74) is -0.334. The van der Waals surface area contributed by atoms with Gasteiger partial charge in [-0.1, -0.05) is 0 Å². The molecule has 0 saturated carbocycles. The number of likely N-dealkylation sites (N-methyl/N-ethyl adjacent to an activating group) is 1. The molecule has 2 amide bonds. The Hall–Kier alpha value is -1.20. The van der Waals surface area contributed by atoms with E-state index in [9.17, 15) is 9.59 Å². The van der Waals surface area contributed by atoms with E-state index in [1.54, 1.807) is 7.05 Å². The topological polar surface area (TPSA) is 49.9 Å². The molecule has 3 saturated heterocycles. The molecule has 0 unspecified atom stereocenters. The summed E-state index contributed by atoms with van der Waals surface area (Å²) in [6.07, 6.45) is 1.33. The molecule has 0 spiro atoms. The molecule has 3 aliphatic heterocycles. The van der Waals surface area contributed by atoms with Crippen molar-refractivity contribution in [2.24, 2.45) is 5.92 Å². The number of likely N-dealkylation sites (tertiary alicyclic amines) is 1. The number of hydrogen-bond donors (Lipinski definition) is 0. The summed E-state index contributed by atoms with van der Waals surface area (Å²) in [4.78, 5) is 31.9. The van der Waals surface area contributed by atoms with Gasteiger partial charge in [0.1, 0.15) is 0 Å². The average Bonchev–Trinajstić information content (AvgIpc) is 3.10. The van der Waals surface area contributed by atoms with E-state index in [0.29, 0.717) is 21.0 Å². The Morgan fingerprint density at radius 2 is 2.00 bits per heavy atom. The predicted molar refractivity (Wildman–Crippen MR) is 86.0 cm³/mol. The Kier molecular flexibility index (Phi) is 3.61. The first kappa shape index (κ1) is 15.3. The Labute approximate surface area is 142 Å². The quantitative estimate of drug-likeness (QED) is 0.570. The van der Waals surface area contributed by atoms with Gasteiger partial charge in [0, 0.05) is 0 Å². The van der Waals surface area contributed by atoms with Crippen molar-refractivity contribution >= 4 is 31.2 Å². The van der Waals surface area contributed by atoms with Crippen molar-refractivity contribution in [3.8, 4) is 0 Å². The van der Waals surface area contributed by atoms with E-state index < -0.39 is 6.10 Å². The molecule has 23 heavy (non-hydrogen) atoms. The van der Waals surface area contributed by atoms with E-state index >= 15 is 0 Å². The number of imide groups is 1. The van der Waals surface area contributed by atoms with Gasteiger partial charge in [-0.3, -0.25) is 0 Å². The molecule has 4 rings (SSSR count). The molecule has 0 aliphatic carbocycles. The monoisotopic (exact) mass is 380 g/mol. The van der Waals surface area contributed by atoms with Crippen LogP contribution in [0.1, 0.15) is 19.8 Å². The zero-order valence-electron chi connectivity index (χ0n) is 13.3. The maximum atomic E-state index is 12.4. The van der Waals surface area contributed by atoms with Crippen molar-refractivity contribution in [1.29, 1.82) is 0 Å². The van der Waals surface area contributed by atoms with Gasteiger partial charge in [0.25, 0.3) is 0 Å². The molecule has 5 nitrogen and oxygen atoms in total. The van der Waals surface area contributed by atoms with Crippen LogP contribution >= 0.6 is 0 Å². The van der Waals surface area contributed by atoms with E-state index in [1.807, 2.05) is 11.1 Å². The van der Waals surface area contributed by atoms with Crippen LogP contribution in [-0.4, -0.2) is 61.5 Å². The fourth-order valence-corrected chi connectivity index (χ4v) is 6.24. The van der Waals surface area contributed by atoms with Crippen LogP contribution in [-0.2, 0) is 14.4 Å². The number of nitrogens with zero attached hydrogens (tertiary/aromatic N) is 2. The number of hydroxylamine groups is 2. The van der Waals surface area contributed by atoms with Crippen LogP contribution < -0.4 is 4.46 Å². The first-order valence-corrected chi connectivity index (χ1v) is 10.0. The summed E-state index contributed by atoms with van der Waals surface area (Å²) >= 11 is 0.378. The molecule has 3 heterocycles. The maximum absolute atomic E-state index is 12.4. The fourth-order valence-electron chi connectivity index (χ4n) is 4.06. The molecule has 1 aromatic rings. The standard InChI is InChI=1S/C17H20N2O3Se/c1-17-9-8-11(10-23-12-6-4-3-5-7-12)19(17)22-14-13(17)15(20)18(2)16(14)21/h3-7,11,13-14H,8-10H2,1-2H3/t11-,13+,14-,17-/m1/s1. The van der Waals surface area contributed by atoms with Crippen LogP contribution in [0.15, 0.2) is 30.3 Å². The van der Waals surface area contributed by atoms with Crippen LogP contribution in [0.3, 0.4) is 0 Å². The molecule has 3 aliphatic rings. The second kappa shape index (κ2) is 5.42. The van der Waals surface area contributed by atoms with E-state index in [2.05, 4.69) is 31.2 Å². The fraction of sp³-hybridized carbons (Fsp3) is 0.529. The van der Waals surface area contributed by atoms with Crippen molar-refractivity contribution in [2.45, 2.75) is 42.8 Å². The number of carbonyl (C=O) groups is 2. The van der Waals surface area contributed by atoms with Crippen LogP contribution in [0.2, 0.25) is 5.32 Å². The van der Waals surface area contributed by atoms with Crippen molar-refractivity contribution in [3.63, 3.8) is 0 Å². The van der Waals surface area contributed by atoms with Gasteiger partial charge in [-0.05, 0) is 0 Å². The predicted octanol–water partition coefficient (Wildman–Crippen LogP) is 0.586. The number of benzene rings is 1. The van der Waals surface area contributed by atoms with Gasteiger partial charge in [0.15, 0.2) is 0 Å². The average molecular weight is 379 g/mol. The summed E-state index contributed by atoms with van der Waals surface area (Å²) in [5, 5.41) is 3.04. The number of rotatable bonds is 3. The zero-order valence-corrected chi connectivity index (χ0v) is 15.0. The van der Waals surface area contributed by atoms with Crippen LogP contribution in [0.5, 0.6) is 0 Å². The second-order valence-corrected chi connectivity index (χ2v) is 9.03. The third-order valence-electron chi connectivity index (χ3n) is 5.37. The van der Waals surface area contributed by atoms with E-state index in [1.165, 1.54) is 9.36 Å². The van der Waals surface area contributed by atoms with Gasteiger partial charge in [-0.25, -0.2) is 0 Å². The Morgan fingerprint density at radius 3 is 2.74 bits per heavy atom. The molecule has 0 N–H and O–H groups in total. The zero-order chi connectivity index (χ0) is 16.2. The molecule has 3 fully saturated rings. The summed E-state index contributed by atoms with van der Waals surface area (Å²) in [6, 6.07) is 10.8. The third-order valence-corrected chi connectivity index (χ3v) is 7.80. The van der Waals surface area contributed by atoms with Gasteiger partial charge in [-0.2, -0.15) is 0 Å². The van der Waals surface area contributed by atoms with Crippen LogP contribution in [0.25, 0.3) is 0 Å². The molecule has 0 radical (unpaired) electrons. The minimum atomic E-state index is -0.607. The second-order valence-electron chi connectivity index (χ2n) is 6.74. The van der Waals surface area contributed by atoms with Crippen LogP contribution in [0.4, 0.5) is 0 Å². The molecule has 0 aromatic heterocycles. The first-order valence-electron chi connectivity index (χ1n) is 7.98. The first-order chi connectivity index (χ1) is 11.0. The Balaban J connectivity index is 1.51. The van der Waals surface area contributed by atoms with E-state index in [0.717, 1.165) is 18.2 Å². The summed E-state index contributed by atoms with van der Waals surface area (Å²) in [6.45, 7) is 2.08. The van der Waals surface area contributed by atoms with Crippen LogP contribution in [0, 0.1) is 5.92 Å². The van der Waals surface area contributed by atoms with Crippen molar-refractivity contribution < 1.29 is 14.4 Å². The third kappa shape index (κ3) is 2.20. The Morgan fingerprint density at radius 1 is 1.26 bits per heavy atom. The SMILES string of the molecule is CN1C(=O)[C@@H]2[C@@H](ON3[C@@H](C[Se]c4ccccc4)CC[C@]23C)C1=O. The number of amides is 2. The normalized spacial score (nSPS) is 36.6.